The summed E-state index contributed by atoms with van der Waals surface area (Å²) < 4.78 is 0. The highest BCUT2D eigenvalue weighted by Gasteiger charge is 2.39. The molecule has 0 aliphatic carbocycles. The second kappa shape index (κ2) is 13.4. The molecule has 1 aliphatic rings. The maximum Gasteiger partial charge on any atom is 0.243 e. The van der Waals surface area contributed by atoms with Crippen LogP contribution in [0.15, 0.2) is 30.3 Å². The van der Waals surface area contributed by atoms with E-state index in [1.54, 1.807) is 13.8 Å². The number of carbonyl (C=O) groups excluding carboxylic acids is 4. The van der Waals surface area contributed by atoms with Crippen molar-refractivity contribution >= 4 is 23.6 Å². The molecule has 1 heterocycles. The van der Waals surface area contributed by atoms with Crippen molar-refractivity contribution in [1.82, 2.24) is 21.3 Å². The smallest absolute Gasteiger partial charge is 0.243 e. The summed E-state index contributed by atoms with van der Waals surface area (Å²) in [6, 6.07) is 5.38. The van der Waals surface area contributed by atoms with Crippen LogP contribution in [0.1, 0.15) is 59.9 Å². The summed E-state index contributed by atoms with van der Waals surface area (Å²) in [5.74, 6) is -3.05. The molecule has 1 aromatic rings. The summed E-state index contributed by atoms with van der Waals surface area (Å²) in [7, 11) is 0. The van der Waals surface area contributed by atoms with Crippen LogP contribution in [0.2, 0.25) is 0 Å². The van der Waals surface area contributed by atoms with Gasteiger partial charge in [-0.1, -0.05) is 77.8 Å². The molecule has 200 valence electrons. The molecule has 9 heteroatoms. The predicted octanol–water partition coefficient (Wildman–Crippen LogP) is 1.29. The Morgan fingerprint density at radius 1 is 0.694 bits per heavy atom. The Hall–Kier alpha value is -2.94. The fourth-order valence-corrected chi connectivity index (χ4v) is 4.18. The molecule has 5 N–H and O–H groups in total. The maximum atomic E-state index is 13.5. The highest BCUT2D eigenvalue weighted by atomic mass is 16.3. The van der Waals surface area contributed by atoms with Crippen LogP contribution >= 0.6 is 0 Å². The minimum Gasteiger partial charge on any atom is -0.393 e. The Bertz CT molecular complexity index is 907. The molecule has 8 unspecified atom stereocenters. The highest BCUT2D eigenvalue weighted by Crippen LogP contribution is 2.16. The molecule has 8 atom stereocenters. The van der Waals surface area contributed by atoms with E-state index in [0.29, 0.717) is 12.8 Å². The molecular formula is C27H42N4O5. The van der Waals surface area contributed by atoms with Gasteiger partial charge in [0, 0.05) is 12.3 Å². The van der Waals surface area contributed by atoms with Crippen LogP contribution in [0.5, 0.6) is 0 Å². The Morgan fingerprint density at radius 2 is 1.14 bits per heavy atom. The summed E-state index contributed by atoms with van der Waals surface area (Å²) in [4.78, 5) is 53.6. The Labute approximate surface area is 214 Å². The van der Waals surface area contributed by atoms with Crippen molar-refractivity contribution in [3.05, 3.63) is 35.9 Å². The molecule has 0 saturated carbocycles. The van der Waals surface area contributed by atoms with E-state index in [2.05, 4.69) is 21.3 Å². The van der Waals surface area contributed by atoms with Crippen LogP contribution in [0, 0.1) is 17.8 Å². The van der Waals surface area contributed by atoms with Gasteiger partial charge in [-0.3, -0.25) is 19.2 Å². The van der Waals surface area contributed by atoms with Crippen molar-refractivity contribution in [2.24, 2.45) is 17.8 Å². The van der Waals surface area contributed by atoms with Gasteiger partial charge in [0.05, 0.1) is 6.10 Å². The third-order valence-electron chi connectivity index (χ3n) is 7.37. The fourth-order valence-electron chi connectivity index (χ4n) is 4.18. The molecule has 36 heavy (non-hydrogen) atoms. The molecule has 0 aromatic heterocycles. The summed E-state index contributed by atoms with van der Waals surface area (Å²) >= 11 is 0. The molecule has 4 amide bonds. The zero-order valence-electron chi connectivity index (χ0n) is 22.2. The highest BCUT2D eigenvalue weighted by molar-refractivity contribution is 5.98. The van der Waals surface area contributed by atoms with Crippen LogP contribution in [0.4, 0.5) is 0 Å². The van der Waals surface area contributed by atoms with E-state index in [0.717, 1.165) is 5.56 Å². The molecular weight excluding hydrogens is 460 g/mol. The van der Waals surface area contributed by atoms with Crippen LogP contribution < -0.4 is 21.3 Å². The first-order valence-electron chi connectivity index (χ1n) is 12.9. The van der Waals surface area contributed by atoms with Crippen molar-refractivity contribution in [2.45, 2.75) is 91.1 Å². The third-order valence-corrected chi connectivity index (χ3v) is 7.37. The van der Waals surface area contributed by atoms with E-state index in [1.807, 2.05) is 58.0 Å². The Morgan fingerprint density at radius 3 is 1.61 bits per heavy atom. The molecule has 0 bridgehead atoms. The van der Waals surface area contributed by atoms with Crippen LogP contribution in [0.3, 0.4) is 0 Å². The van der Waals surface area contributed by atoms with Crippen molar-refractivity contribution in [2.75, 3.05) is 0 Å². The number of hydrogen-bond acceptors (Lipinski definition) is 5. The number of nitrogens with one attached hydrogen (secondary N) is 4. The minimum atomic E-state index is -1.10. The number of aliphatic hydroxyl groups is 1. The number of hydrogen-bond donors (Lipinski definition) is 5. The molecule has 1 saturated heterocycles. The molecule has 1 fully saturated rings. The van der Waals surface area contributed by atoms with Gasteiger partial charge in [-0.15, -0.1) is 0 Å². The second-order valence-electron chi connectivity index (χ2n) is 10.1. The van der Waals surface area contributed by atoms with Gasteiger partial charge in [0.1, 0.15) is 24.2 Å². The third kappa shape index (κ3) is 7.53. The zero-order chi connectivity index (χ0) is 27.0. The van der Waals surface area contributed by atoms with Crippen LogP contribution in [0.25, 0.3) is 0 Å². The fraction of sp³-hybridized carbons (Fsp3) is 0.630. The first-order valence-corrected chi connectivity index (χ1v) is 12.9. The lowest BCUT2D eigenvalue weighted by molar-refractivity contribution is -0.139. The monoisotopic (exact) mass is 502 g/mol. The van der Waals surface area contributed by atoms with Gasteiger partial charge in [0.15, 0.2) is 0 Å². The number of aliphatic hydroxyl groups excluding tert-OH is 1. The molecule has 9 nitrogen and oxygen atoms in total. The average molecular weight is 503 g/mol. The number of benzene rings is 1. The van der Waals surface area contributed by atoms with Crippen molar-refractivity contribution in [3.8, 4) is 0 Å². The van der Waals surface area contributed by atoms with E-state index in [-0.39, 0.29) is 18.3 Å². The van der Waals surface area contributed by atoms with Gasteiger partial charge in [-0.05, 0) is 24.3 Å². The van der Waals surface area contributed by atoms with Crippen molar-refractivity contribution in [3.63, 3.8) is 0 Å². The lowest BCUT2D eigenvalue weighted by Crippen LogP contribution is -2.65. The van der Waals surface area contributed by atoms with E-state index >= 15 is 0 Å². The molecule has 0 spiro atoms. The van der Waals surface area contributed by atoms with Gasteiger partial charge < -0.3 is 26.4 Å². The standard InChI is InChI=1S/C27H42N4O5/c1-7-15(3)21-25(34)30-22(16(4)8-2)26(35)31-23(17(5)18(6)32)27(36)28-20(24(33)29-21)14-19-12-10-9-11-13-19/h9-13,15-18,20-23,32H,7-8,14H2,1-6H3,(H,28,36)(H,29,33)(H,30,34)(H,31,35). The first-order chi connectivity index (χ1) is 17.0. The lowest BCUT2D eigenvalue weighted by Gasteiger charge is -2.34. The van der Waals surface area contributed by atoms with Crippen LogP contribution in [-0.4, -0.2) is 59.0 Å². The topological polar surface area (TPSA) is 137 Å². The maximum absolute atomic E-state index is 13.5. The Balaban J connectivity index is 2.53. The minimum absolute atomic E-state index is 0.200. The van der Waals surface area contributed by atoms with E-state index in [4.69, 9.17) is 0 Å². The normalized spacial score (nSPS) is 27.2. The lowest BCUT2D eigenvalue weighted by atomic mass is 9.91. The second-order valence-corrected chi connectivity index (χ2v) is 10.1. The first kappa shape index (κ1) is 29.3. The van der Waals surface area contributed by atoms with Gasteiger partial charge in [0.25, 0.3) is 0 Å². The summed E-state index contributed by atoms with van der Waals surface area (Å²) in [6.45, 7) is 10.7. The summed E-state index contributed by atoms with van der Waals surface area (Å²) in [5.41, 5.74) is 0.829. The van der Waals surface area contributed by atoms with E-state index < -0.39 is 59.8 Å². The predicted molar refractivity (Wildman–Crippen MR) is 138 cm³/mol. The van der Waals surface area contributed by atoms with E-state index in [9.17, 15) is 24.3 Å². The number of carbonyl (C=O) groups is 4. The van der Waals surface area contributed by atoms with Gasteiger partial charge in [-0.25, -0.2) is 0 Å². The summed E-state index contributed by atoms with van der Waals surface area (Å²) in [6.07, 6.45) is 0.539. The summed E-state index contributed by atoms with van der Waals surface area (Å²) in [5, 5.41) is 21.4. The number of rotatable bonds is 8. The zero-order valence-corrected chi connectivity index (χ0v) is 22.2. The molecule has 1 aliphatic heterocycles. The van der Waals surface area contributed by atoms with Crippen LogP contribution in [-0.2, 0) is 25.6 Å². The number of amides is 4. The van der Waals surface area contributed by atoms with Crippen molar-refractivity contribution < 1.29 is 24.3 Å². The van der Waals surface area contributed by atoms with E-state index in [1.165, 1.54) is 0 Å². The average Bonchev–Trinajstić information content (AvgIpc) is 2.86. The molecule has 0 radical (unpaired) electrons. The van der Waals surface area contributed by atoms with Gasteiger partial charge >= 0.3 is 0 Å². The Kier molecular flexibility index (Phi) is 10.9. The van der Waals surface area contributed by atoms with Crippen molar-refractivity contribution in [1.29, 1.82) is 0 Å². The SMILES string of the molecule is CCC(C)C1NC(=O)C(Cc2ccccc2)NC(=O)C(C(C)C(C)O)NC(=O)C(C(C)CC)NC1=O. The molecule has 1 aromatic carbocycles. The van der Waals surface area contributed by atoms with Gasteiger partial charge in [0.2, 0.25) is 23.6 Å². The van der Waals surface area contributed by atoms with Gasteiger partial charge in [-0.2, -0.15) is 0 Å². The quantitative estimate of drug-likeness (QED) is 0.365. The molecule has 2 rings (SSSR count). The largest absolute Gasteiger partial charge is 0.393 e.